The molecule has 0 saturated heterocycles. The largest absolute Gasteiger partial charge is 0.481 e. The maximum Gasteiger partial charge on any atom is 0.336 e. The Balaban J connectivity index is 0. The highest BCUT2D eigenvalue weighted by Gasteiger charge is 2.40. The van der Waals surface area contributed by atoms with Gasteiger partial charge in [-0.05, 0) is 13.8 Å². The van der Waals surface area contributed by atoms with E-state index in [-0.39, 0.29) is 6.04 Å². The van der Waals surface area contributed by atoms with Crippen molar-refractivity contribution >= 4 is 17.9 Å². The van der Waals surface area contributed by atoms with E-state index in [1.54, 1.807) is 0 Å². The Kier molecular flexibility index (Phi) is 10.0. The molecule has 0 radical (unpaired) electrons. The molecule has 0 rings (SSSR count). The Hall–Kier alpha value is -1.97. The van der Waals surface area contributed by atoms with E-state index in [0.717, 1.165) is 0 Å². The maximum absolute atomic E-state index is 10.3. The summed E-state index contributed by atoms with van der Waals surface area (Å²) in [6.45, 7) is 4.55. The molecule has 0 aromatic carbocycles. The highest BCUT2D eigenvalue weighted by atomic mass is 16.4. The van der Waals surface area contributed by atoms with Gasteiger partial charge in [0.15, 0.2) is 5.60 Å². The molecule has 8 N–H and O–H groups in total. The molecule has 0 fully saturated rings. The predicted octanol–water partition coefficient (Wildman–Crippen LogP) is -1.01. The number of carboxylic acids is 3. The van der Waals surface area contributed by atoms with Gasteiger partial charge in [0.25, 0.3) is 0 Å². The second-order valence-corrected chi connectivity index (χ2v) is 4.62. The highest BCUT2D eigenvalue weighted by molar-refractivity contribution is 5.88. The highest BCUT2D eigenvalue weighted by Crippen LogP contribution is 2.15. The first kappa shape index (κ1) is 21.3. The van der Waals surface area contributed by atoms with E-state index in [0.29, 0.717) is 6.54 Å². The van der Waals surface area contributed by atoms with Crippen LogP contribution in [0.2, 0.25) is 0 Å². The van der Waals surface area contributed by atoms with Gasteiger partial charge < -0.3 is 31.9 Å². The van der Waals surface area contributed by atoms with Crippen LogP contribution in [0.3, 0.4) is 0 Å². The van der Waals surface area contributed by atoms with Crippen LogP contribution in [-0.2, 0) is 14.4 Å². The Morgan fingerprint density at radius 3 is 1.62 bits per heavy atom. The van der Waals surface area contributed by atoms with Gasteiger partial charge >= 0.3 is 17.9 Å². The topological polar surface area (TPSA) is 184 Å². The third-order valence-electron chi connectivity index (χ3n) is 2.11. The minimum atomic E-state index is -2.74. The van der Waals surface area contributed by atoms with Crippen molar-refractivity contribution in [1.82, 2.24) is 0 Å². The van der Waals surface area contributed by atoms with Crippen molar-refractivity contribution in [2.75, 3.05) is 6.54 Å². The lowest BCUT2D eigenvalue weighted by atomic mass is 9.96. The zero-order chi connectivity index (χ0) is 17.2. The van der Waals surface area contributed by atoms with Crippen LogP contribution in [0.1, 0.15) is 26.7 Å². The van der Waals surface area contributed by atoms with Gasteiger partial charge in [-0.25, -0.2) is 4.79 Å². The predicted molar refractivity (Wildman–Crippen MR) is 73.6 cm³/mol. The first-order chi connectivity index (χ1) is 9.44. The van der Waals surface area contributed by atoms with Crippen LogP contribution in [0.5, 0.6) is 0 Å². The van der Waals surface area contributed by atoms with E-state index in [1.165, 1.54) is 5.57 Å². The molecule has 9 nitrogen and oxygen atoms in total. The molecular formula is C12H22N2O7. The summed E-state index contributed by atoms with van der Waals surface area (Å²) in [5, 5.41) is 33.8. The Labute approximate surface area is 121 Å². The van der Waals surface area contributed by atoms with E-state index in [4.69, 9.17) is 31.9 Å². The molecule has 0 aliphatic carbocycles. The zero-order valence-electron chi connectivity index (χ0n) is 11.9. The number of carbonyl (C=O) groups is 3. The minimum Gasteiger partial charge on any atom is -0.481 e. The number of aliphatic hydroxyl groups is 1. The van der Waals surface area contributed by atoms with Gasteiger partial charge in [0.1, 0.15) is 0 Å². The van der Waals surface area contributed by atoms with Crippen LogP contribution < -0.4 is 11.5 Å². The second kappa shape index (κ2) is 9.86. The third-order valence-corrected chi connectivity index (χ3v) is 2.11. The van der Waals surface area contributed by atoms with E-state index in [9.17, 15) is 14.4 Å². The van der Waals surface area contributed by atoms with Gasteiger partial charge in [-0.2, -0.15) is 0 Å². The molecule has 0 amide bonds. The molecule has 1 unspecified atom stereocenters. The van der Waals surface area contributed by atoms with Crippen LogP contribution in [0.4, 0.5) is 0 Å². The molecule has 0 aliphatic heterocycles. The molecule has 0 bridgehead atoms. The summed E-state index contributed by atoms with van der Waals surface area (Å²) >= 11 is 0. The van der Waals surface area contributed by atoms with E-state index >= 15 is 0 Å². The molecule has 122 valence electrons. The smallest absolute Gasteiger partial charge is 0.336 e. The molecule has 1 atom stereocenters. The molecule has 0 heterocycles. The Bertz CT molecular complexity index is 386. The van der Waals surface area contributed by atoms with Crippen LogP contribution in [0.15, 0.2) is 11.6 Å². The summed E-state index contributed by atoms with van der Waals surface area (Å²) in [7, 11) is 0. The number of aliphatic carboxylic acids is 3. The van der Waals surface area contributed by atoms with Crippen molar-refractivity contribution < 1.29 is 34.8 Å². The van der Waals surface area contributed by atoms with Gasteiger partial charge in [-0.1, -0.05) is 11.6 Å². The van der Waals surface area contributed by atoms with Crippen molar-refractivity contribution in [3.05, 3.63) is 11.6 Å². The molecule has 0 aliphatic rings. The standard InChI is InChI=1S/C6H14N2.C6H8O7/c1-5(2)3-6(8)4-7;7-3(8)1-6(13,5(11)12)2-4(9)10/h3,6H,4,7-8H2,1-2H3;13H,1-2H2,(H,7,8)(H,9,10)(H,11,12). The Morgan fingerprint density at radius 2 is 1.48 bits per heavy atom. The van der Waals surface area contributed by atoms with Crippen LogP contribution in [0, 0.1) is 0 Å². The van der Waals surface area contributed by atoms with Gasteiger partial charge in [0, 0.05) is 12.6 Å². The number of nitrogens with two attached hydrogens (primary N) is 2. The summed E-state index contributed by atoms with van der Waals surface area (Å²) < 4.78 is 0. The maximum atomic E-state index is 10.3. The van der Waals surface area contributed by atoms with E-state index < -0.39 is 36.4 Å². The summed E-state index contributed by atoms with van der Waals surface area (Å²) in [6, 6.07) is 0.0417. The second-order valence-electron chi connectivity index (χ2n) is 4.62. The average Bonchev–Trinajstić information content (AvgIpc) is 2.26. The average molecular weight is 306 g/mol. The summed E-state index contributed by atoms with van der Waals surface area (Å²) in [5.74, 6) is -5.02. The SMILES string of the molecule is CC(C)=CC(N)CN.O=C(O)CC(O)(CC(=O)O)C(=O)O. The van der Waals surface area contributed by atoms with Crippen LogP contribution >= 0.6 is 0 Å². The number of hydrogen-bond donors (Lipinski definition) is 6. The Morgan fingerprint density at radius 1 is 1.10 bits per heavy atom. The number of allylic oxidation sites excluding steroid dienone is 1. The van der Waals surface area contributed by atoms with Gasteiger partial charge in [-0.3, -0.25) is 9.59 Å². The first-order valence-corrected chi connectivity index (χ1v) is 5.94. The van der Waals surface area contributed by atoms with Crippen molar-refractivity contribution in [3.63, 3.8) is 0 Å². The van der Waals surface area contributed by atoms with Crippen molar-refractivity contribution in [1.29, 1.82) is 0 Å². The summed E-state index contributed by atoms with van der Waals surface area (Å²) in [6.07, 6.45) is -0.330. The molecule has 0 spiro atoms. The van der Waals surface area contributed by atoms with E-state index in [2.05, 4.69) is 0 Å². The summed E-state index contributed by atoms with van der Waals surface area (Å²) in [5.41, 5.74) is 9.21. The van der Waals surface area contributed by atoms with Gasteiger partial charge in [-0.15, -0.1) is 0 Å². The first-order valence-electron chi connectivity index (χ1n) is 5.94. The van der Waals surface area contributed by atoms with Crippen LogP contribution in [0.25, 0.3) is 0 Å². The molecule has 9 heteroatoms. The molecule has 0 aromatic rings. The van der Waals surface area contributed by atoms with Crippen molar-refractivity contribution in [2.24, 2.45) is 11.5 Å². The fraction of sp³-hybridized carbons (Fsp3) is 0.583. The fourth-order valence-electron chi connectivity index (χ4n) is 1.21. The van der Waals surface area contributed by atoms with Crippen molar-refractivity contribution in [3.8, 4) is 0 Å². The van der Waals surface area contributed by atoms with Crippen LogP contribution in [-0.4, -0.2) is 56.5 Å². The normalized spacial score (nSPS) is 11.7. The van der Waals surface area contributed by atoms with E-state index in [1.807, 2.05) is 19.9 Å². The minimum absolute atomic E-state index is 0.0417. The monoisotopic (exact) mass is 306 g/mol. The van der Waals surface area contributed by atoms with Crippen molar-refractivity contribution in [2.45, 2.75) is 38.3 Å². The quantitative estimate of drug-likeness (QED) is 0.320. The molecular weight excluding hydrogens is 284 g/mol. The lowest BCUT2D eigenvalue weighted by Crippen LogP contribution is -2.42. The number of carboxylic acid groups (broad SMARTS) is 3. The fourth-order valence-corrected chi connectivity index (χ4v) is 1.21. The van der Waals surface area contributed by atoms with Gasteiger partial charge in [0.2, 0.25) is 0 Å². The number of rotatable bonds is 7. The van der Waals surface area contributed by atoms with Gasteiger partial charge in [0.05, 0.1) is 12.8 Å². The zero-order valence-corrected chi connectivity index (χ0v) is 11.9. The lowest BCUT2D eigenvalue weighted by molar-refractivity contribution is -0.170. The summed E-state index contributed by atoms with van der Waals surface area (Å²) in [4.78, 5) is 30.5. The molecule has 0 saturated carbocycles. The molecule has 0 aromatic heterocycles. The third kappa shape index (κ3) is 11.5. The lowest BCUT2D eigenvalue weighted by Gasteiger charge is -2.18. The molecule has 21 heavy (non-hydrogen) atoms. The number of hydrogen-bond acceptors (Lipinski definition) is 6.